The van der Waals surface area contributed by atoms with Crippen LogP contribution in [0.1, 0.15) is 32.8 Å². The quantitative estimate of drug-likeness (QED) is 0.827. The Labute approximate surface area is 126 Å². The Morgan fingerprint density at radius 2 is 2.19 bits per heavy atom. The lowest BCUT2D eigenvalue weighted by atomic mass is 10.1. The molecule has 1 aromatic rings. The van der Waals surface area contributed by atoms with Crippen LogP contribution in [-0.4, -0.2) is 53.5 Å². The molecule has 1 saturated heterocycles. The molecule has 0 amide bonds. The predicted octanol–water partition coefficient (Wildman–Crippen LogP) is 1.45. The molecule has 0 bridgehead atoms. The monoisotopic (exact) mass is 294 g/mol. The van der Waals surface area contributed by atoms with Crippen molar-refractivity contribution in [1.29, 1.82) is 0 Å². The van der Waals surface area contributed by atoms with Crippen molar-refractivity contribution < 1.29 is 9.84 Å². The molecule has 2 heterocycles. The summed E-state index contributed by atoms with van der Waals surface area (Å²) in [6, 6.07) is 0. The molecule has 1 aliphatic heterocycles. The Morgan fingerprint density at radius 3 is 2.86 bits per heavy atom. The smallest absolute Gasteiger partial charge is 0.137 e. The zero-order valence-electron chi connectivity index (χ0n) is 13.2. The van der Waals surface area contributed by atoms with E-state index in [4.69, 9.17) is 4.74 Å². The van der Waals surface area contributed by atoms with E-state index < -0.39 is 0 Å². The van der Waals surface area contributed by atoms with Gasteiger partial charge in [0.25, 0.3) is 0 Å². The van der Waals surface area contributed by atoms with Gasteiger partial charge < -0.3 is 20.1 Å². The number of nitrogens with zero attached hydrogens (tertiary/aromatic N) is 3. The van der Waals surface area contributed by atoms with Crippen LogP contribution in [0, 0.1) is 0 Å². The summed E-state index contributed by atoms with van der Waals surface area (Å²) in [7, 11) is 0. The van der Waals surface area contributed by atoms with Gasteiger partial charge in [0, 0.05) is 25.2 Å². The zero-order chi connectivity index (χ0) is 15.2. The summed E-state index contributed by atoms with van der Waals surface area (Å²) in [5.74, 6) is 1.89. The highest BCUT2D eigenvalue weighted by molar-refractivity contribution is 5.59. The van der Waals surface area contributed by atoms with E-state index in [-0.39, 0.29) is 18.8 Å². The van der Waals surface area contributed by atoms with E-state index in [1.54, 1.807) is 6.33 Å². The second-order valence-electron chi connectivity index (χ2n) is 5.46. The minimum atomic E-state index is -0.152. The zero-order valence-corrected chi connectivity index (χ0v) is 13.2. The molecule has 0 radical (unpaired) electrons. The van der Waals surface area contributed by atoms with Crippen LogP contribution in [0.25, 0.3) is 0 Å². The van der Waals surface area contributed by atoms with Crippen molar-refractivity contribution in [2.75, 3.05) is 36.5 Å². The van der Waals surface area contributed by atoms with Crippen LogP contribution in [0.15, 0.2) is 6.33 Å². The molecule has 2 rings (SSSR count). The molecule has 118 valence electrons. The Kier molecular flexibility index (Phi) is 5.76. The summed E-state index contributed by atoms with van der Waals surface area (Å²) in [5, 5.41) is 12.7. The van der Waals surface area contributed by atoms with Gasteiger partial charge in [0.2, 0.25) is 0 Å². The van der Waals surface area contributed by atoms with Gasteiger partial charge in [-0.1, -0.05) is 13.3 Å². The minimum absolute atomic E-state index is 0.0368. The molecule has 0 aromatic carbocycles. The number of aromatic nitrogens is 2. The van der Waals surface area contributed by atoms with Crippen molar-refractivity contribution in [3.8, 4) is 0 Å². The van der Waals surface area contributed by atoms with Gasteiger partial charge in [-0.25, -0.2) is 9.97 Å². The fraction of sp³-hybridized carbons (Fsp3) is 0.733. The Hall–Kier alpha value is -1.40. The summed E-state index contributed by atoms with van der Waals surface area (Å²) in [5.41, 5.74) is 1.16. The number of hydrogen-bond acceptors (Lipinski definition) is 6. The van der Waals surface area contributed by atoms with Gasteiger partial charge in [-0.15, -0.1) is 0 Å². The molecule has 0 aliphatic carbocycles. The highest BCUT2D eigenvalue weighted by Gasteiger charge is 2.27. The third kappa shape index (κ3) is 3.83. The van der Waals surface area contributed by atoms with Gasteiger partial charge in [0.05, 0.1) is 18.8 Å². The van der Waals surface area contributed by atoms with Crippen molar-refractivity contribution in [1.82, 2.24) is 9.97 Å². The van der Waals surface area contributed by atoms with Crippen LogP contribution in [0.4, 0.5) is 11.6 Å². The average molecular weight is 294 g/mol. The van der Waals surface area contributed by atoms with Crippen LogP contribution >= 0.6 is 0 Å². The van der Waals surface area contributed by atoms with E-state index in [1.807, 2.05) is 6.92 Å². The van der Waals surface area contributed by atoms with Gasteiger partial charge in [-0.05, 0) is 20.3 Å². The molecule has 0 saturated carbocycles. The number of morpholine rings is 1. The van der Waals surface area contributed by atoms with Gasteiger partial charge in [0.1, 0.15) is 18.0 Å². The number of rotatable bonds is 6. The Balaban J connectivity index is 2.30. The van der Waals surface area contributed by atoms with Crippen molar-refractivity contribution in [3.05, 3.63) is 11.9 Å². The molecular weight excluding hydrogens is 268 g/mol. The standard InChI is InChI=1S/C15H26N4O2/c1-4-6-13-14(16-5-2)17-10-18-15(13)19-7-11(3)21-12(8-19)9-20/h10-12,20H,4-9H2,1-3H3,(H,16,17,18). The predicted molar refractivity (Wildman–Crippen MR) is 83.8 cm³/mol. The number of hydrogen-bond donors (Lipinski definition) is 2. The highest BCUT2D eigenvalue weighted by atomic mass is 16.5. The second-order valence-corrected chi connectivity index (χ2v) is 5.46. The summed E-state index contributed by atoms with van der Waals surface area (Å²) in [4.78, 5) is 11.1. The molecule has 2 atom stereocenters. The molecule has 2 N–H and O–H groups in total. The van der Waals surface area contributed by atoms with Gasteiger partial charge in [0.15, 0.2) is 0 Å². The molecule has 6 heteroatoms. The first-order chi connectivity index (χ1) is 10.2. The summed E-state index contributed by atoms with van der Waals surface area (Å²) in [6.45, 7) is 8.58. The third-order valence-electron chi connectivity index (χ3n) is 3.60. The van der Waals surface area contributed by atoms with Gasteiger partial charge >= 0.3 is 0 Å². The van der Waals surface area contributed by atoms with E-state index in [0.717, 1.165) is 43.1 Å². The average Bonchev–Trinajstić information content (AvgIpc) is 2.48. The van der Waals surface area contributed by atoms with E-state index in [0.29, 0.717) is 6.54 Å². The van der Waals surface area contributed by atoms with Crippen LogP contribution in [0.2, 0.25) is 0 Å². The fourth-order valence-corrected chi connectivity index (χ4v) is 2.79. The largest absolute Gasteiger partial charge is 0.394 e. The molecule has 1 fully saturated rings. The Bertz CT molecular complexity index is 455. The van der Waals surface area contributed by atoms with Crippen LogP contribution < -0.4 is 10.2 Å². The third-order valence-corrected chi connectivity index (χ3v) is 3.60. The fourth-order valence-electron chi connectivity index (χ4n) is 2.79. The van der Waals surface area contributed by atoms with E-state index in [2.05, 4.69) is 34.0 Å². The molecule has 1 aliphatic rings. The lowest BCUT2D eigenvalue weighted by Crippen LogP contribution is -2.48. The Morgan fingerprint density at radius 1 is 1.38 bits per heavy atom. The van der Waals surface area contributed by atoms with Crippen molar-refractivity contribution in [2.45, 2.75) is 45.8 Å². The number of anilines is 2. The molecule has 1 aromatic heterocycles. The lowest BCUT2D eigenvalue weighted by Gasteiger charge is -2.37. The number of nitrogens with one attached hydrogen (secondary N) is 1. The summed E-state index contributed by atoms with van der Waals surface area (Å²) >= 11 is 0. The van der Waals surface area contributed by atoms with Gasteiger partial charge in [-0.3, -0.25) is 0 Å². The van der Waals surface area contributed by atoms with Crippen LogP contribution in [0.3, 0.4) is 0 Å². The van der Waals surface area contributed by atoms with Crippen molar-refractivity contribution in [3.63, 3.8) is 0 Å². The molecule has 6 nitrogen and oxygen atoms in total. The first-order valence-electron chi connectivity index (χ1n) is 7.78. The first kappa shape index (κ1) is 16.0. The number of aliphatic hydroxyl groups excluding tert-OH is 1. The maximum Gasteiger partial charge on any atom is 0.137 e. The number of ether oxygens (including phenoxy) is 1. The van der Waals surface area contributed by atoms with Crippen LogP contribution in [0.5, 0.6) is 0 Å². The highest BCUT2D eigenvalue weighted by Crippen LogP contribution is 2.27. The van der Waals surface area contributed by atoms with Crippen molar-refractivity contribution >= 4 is 11.6 Å². The normalized spacial score (nSPS) is 22.4. The van der Waals surface area contributed by atoms with E-state index >= 15 is 0 Å². The maximum absolute atomic E-state index is 9.39. The van der Waals surface area contributed by atoms with Crippen molar-refractivity contribution in [2.24, 2.45) is 0 Å². The lowest BCUT2D eigenvalue weighted by molar-refractivity contribution is -0.0423. The number of aliphatic hydroxyl groups is 1. The summed E-state index contributed by atoms with van der Waals surface area (Å²) < 4.78 is 5.71. The van der Waals surface area contributed by atoms with Crippen LogP contribution in [-0.2, 0) is 11.2 Å². The van der Waals surface area contributed by atoms with E-state index in [1.165, 1.54) is 0 Å². The molecule has 0 spiro atoms. The molecular formula is C15H26N4O2. The minimum Gasteiger partial charge on any atom is -0.394 e. The molecule has 2 unspecified atom stereocenters. The second kappa shape index (κ2) is 7.56. The molecule has 21 heavy (non-hydrogen) atoms. The van der Waals surface area contributed by atoms with E-state index in [9.17, 15) is 5.11 Å². The SMILES string of the molecule is CCCc1c(NCC)ncnc1N1CC(C)OC(CO)C1. The van der Waals surface area contributed by atoms with Gasteiger partial charge in [-0.2, -0.15) is 0 Å². The topological polar surface area (TPSA) is 70.5 Å². The maximum atomic E-state index is 9.39. The summed E-state index contributed by atoms with van der Waals surface area (Å²) in [6.07, 6.45) is 3.53. The first-order valence-corrected chi connectivity index (χ1v) is 7.78.